The third-order valence-electron chi connectivity index (χ3n) is 4.14. The molecule has 0 aliphatic carbocycles. The molecule has 0 radical (unpaired) electrons. The van der Waals surface area contributed by atoms with E-state index < -0.39 is 0 Å². The summed E-state index contributed by atoms with van der Waals surface area (Å²) >= 11 is 3.61. The highest BCUT2D eigenvalue weighted by Gasteiger charge is 2.18. The number of aromatic nitrogens is 1. The average molecular weight is 420 g/mol. The van der Waals surface area contributed by atoms with Gasteiger partial charge in [-0.05, 0) is 46.3 Å². The van der Waals surface area contributed by atoms with E-state index in [0.29, 0.717) is 34.1 Å². The summed E-state index contributed by atoms with van der Waals surface area (Å²) in [5.74, 6) is 2.08. The Morgan fingerprint density at radius 2 is 1.50 bits per heavy atom. The molecule has 136 valence electrons. The molecule has 0 bridgehead atoms. The Morgan fingerprint density at radius 1 is 0.846 bits per heavy atom. The number of ether oxygens (including phenoxy) is 4. The number of pyridine rings is 1. The first-order valence-electron chi connectivity index (χ1n) is 7.74. The molecule has 0 fully saturated rings. The zero-order chi connectivity index (χ0) is 18.8. The number of H-pyrrole nitrogens is 1. The van der Waals surface area contributed by atoms with E-state index in [4.69, 9.17) is 18.9 Å². The van der Waals surface area contributed by atoms with Crippen molar-refractivity contribution in [3.05, 3.63) is 45.2 Å². The minimum atomic E-state index is -0.274. The molecule has 0 unspecified atom stereocenters. The molecule has 7 heteroatoms. The number of fused-ring (bicyclic) bond motifs is 1. The Morgan fingerprint density at radius 3 is 2.12 bits per heavy atom. The lowest BCUT2D eigenvalue weighted by Gasteiger charge is -2.14. The van der Waals surface area contributed by atoms with Gasteiger partial charge in [0, 0.05) is 15.4 Å². The highest BCUT2D eigenvalue weighted by Crippen LogP contribution is 2.40. The second-order valence-corrected chi connectivity index (χ2v) is 6.23. The van der Waals surface area contributed by atoms with Gasteiger partial charge in [-0.3, -0.25) is 4.79 Å². The molecular weight excluding hydrogens is 402 g/mol. The number of rotatable bonds is 5. The smallest absolute Gasteiger partial charge is 0.260 e. The number of methoxy groups -OCH3 is 4. The van der Waals surface area contributed by atoms with E-state index in [1.54, 1.807) is 32.4 Å². The highest BCUT2D eigenvalue weighted by atomic mass is 79.9. The third-order valence-corrected chi connectivity index (χ3v) is 4.96. The summed E-state index contributed by atoms with van der Waals surface area (Å²) < 4.78 is 22.0. The van der Waals surface area contributed by atoms with E-state index >= 15 is 0 Å². The Hall–Kier alpha value is -2.67. The Labute approximate surface area is 158 Å². The van der Waals surface area contributed by atoms with Crippen LogP contribution < -0.4 is 24.5 Å². The maximum atomic E-state index is 12.8. The van der Waals surface area contributed by atoms with E-state index in [9.17, 15) is 4.79 Å². The molecule has 0 spiro atoms. The fourth-order valence-electron chi connectivity index (χ4n) is 2.89. The zero-order valence-electron chi connectivity index (χ0n) is 14.8. The number of nitrogens with one attached hydrogen (secondary N) is 1. The van der Waals surface area contributed by atoms with Crippen molar-refractivity contribution >= 4 is 26.7 Å². The van der Waals surface area contributed by atoms with Crippen LogP contribution in [-0.2, 0) is 0 Å². The molecule has 0 saturated carbocycles. The van der Waals surface area contributed by atoms with E-state index in [0.717, 1.165) is 15.4 Å². The molecule has 0 amide bonds. The SMILES string of the molecule is COc1ccc(-c2[nH]c(=O)c3c(OC)c(OC)ccc3c2Br)cc1OC. The third kappa shape index (κ3) is 2.88. The Balaban J connectivity index is 2.30. The molecule has 0 aliphatic heterocycles. The first-order valence-corrected chi connectivity index (χ1v) is 8.53. The number of benzene rings is 2. The summed E-state index contributed by atoms with van der Waals surface area (Å²) in [4.78, 5) is 15.7. The number of hydrogen-bond acceptors (Lipinski definition) is 5. The molecule has 0 aliphatic rings. The highest BCUT2D eigenvalue weighted by molar-refractivity contribution is 9.10. The van der Waals surface area contributed by atoms with Gasteiger partial charge in [-0.2, -0.15) is 0 Å². The molecule has 3 rings (SSSR count). The molecule has 3 aromatic rings. The molecule has 1 heterocycles. The number of hydrogen-bond donors (Lipinski definition) is 1. The van der Waals surface area contributed by atoms with Crippen molar-refractivity contribution in [1.82, 2.24) is 4.98 Å². The van der Waals surface area contributed by atoms with E-state index in [1.807, 2.05) is 12.1 Å². The molecule has 0 saturated heterocycles. The lowest BCUT2D eigenvalue weighted by atomic mass is 10.1. The van der Waals surface area contributed by atoms with Gasteiger partial charge in [-0.1, -0.05) is 0 Å². The predicted molar refractivity (Wildman–Crippen MR) is 104 cm³/mol. The fourth-order valence-corrected chi connectivity index (χ4v) is 3.55. The van der Waals surface area contributed by atoms with Gasteiger partial charge >= 0.3 is 0 Å². The van der Waals surface area contributed by atoms with Gasteiger partial charge in [0.1, 0.15) is 0 Å². The van der Waals surface area contributed by atoms with Crippen molar-refractivity contribution in [3.63, 3.8) is 0 Å². The lowest BCUT2D eigenvalue weighted by molar-refractivity contribution is 0.355. The second kappa shape index (κ2) is 7.29. The average Bonchev–Trinajstić information content (AvgIpc) is 2.68. The van der Waals surface area contributed by atoms with Crippen LogP contribution in [-0.4, -0.2) is 33.4 Å². The maximum Gasteiger partial charge on any atom is 0.260 e. The van der Waals surface area contributed by atoms with Crippen LogP contribution in [0.4, 0.5) is 0 Å². The van der Waals surface area contributed by atoms with Crippen molar-refractivity contribution in [2.75, 3.05) is 28.4 Å². The van der Waals surface area contributed by atoms with Gasteiger partial charge in [0.05, 0.1) is 39.5 Å². The normalized spacial score (nSPS) is 10.7. The van der Waals surface area contributed by atoms with Crippen molar-refractivity contribution < 1.29 is 18.9 Å². The summed E-state index contributed by atoms with van der Waals surface area (Å²) in [6.45, 7) is 0. The number of aromatic amines is 1. The van der Waals surface area contributed by atoms with Crippen LogP contribution in [0, 0.1) is 0 Å². The first kappa shape index (κ1) is 18.1. The topological polar surface area (TPSA) is 69.8 Å². The van der Waals surface area contributed by atoms with Gasteiger partial charge in [0.2, 0.25) is 0 Å². The molecule has 1 aromatic heterocycles. The Kier molecular flexibility index (Phi) is 5.08. The number of halogens is 1. The standard InChI is InChI=1S/C19H18BrNO5/c1-23-12-7-5-10(9-14(12)25-3)17-16(20)11-6-8-13(24-2)18(26-4)15(11)19(22)21-17/h5-9H,1-4H3,(H,21,22). The van der Waals surface area contributed by atoms with Gasteiger partial charge < -0.3 is 23.9 Å². The summed E-state index contributed by atoms with van der Waals surface area (Å²) in [6, 6.07) is 9.03. The van der Waals surface area contributed by atoms with Crippen molar-refractivity contribution in [1.29, 1.82) is 0 Å². The molecular formula is C19H18BrNO5. The van der Waals surface area contributed by atoms with Gasteiger partial charge in [0.25, 0.3) is 5.56 Å². The summed E-state index contributed by atoms with van der Waals surface area (Å²) in [7, 11) is 6.18. The fraction of sp³-hybridized carbons (Fsp3) is 0.211. The van der Waals surface area contributed by atoms with Gasteiger partial charge in [-0.25, -0.2) is 0 Å². The van der Waals surface area contributed by atoms with Crippen molar-refractivity contribution in [2.45, 2.75) is 0 Å². The van der Waals surface area contributed by atoms with Crippen LogP contribution in [0.2, 0.25) is 0 Å². The van der Waals surface area contributed by atoms with Crippen LogP contribution in [0.15, 0.2) is 39.6 Å². The lowest BCUT2D eigenvalue weighted by Crippen LogP contribution is -2.10. The first-order chi connectivity index (χ1) is 12.5. The van der Waals surface area contributed by atoms with Crippen LogP contribution in [0.1, 0.15) is 0 Å². The summed E-state index contributed by atoms with van der Waals surface area (Å²) in [6.07, 6.45) is 0. The maximum absolute atomic E-state index is 12.8. The van der Waals surface area contributed by atoms with Crippen LogP contribution in [0.5, 0.6) is 23.0 Å². The van der Waals surface area contributed by atoms with Crippen molar-refractivity contribution in [3.8, 4) is 34.3 Å². The van der Waals surface area contributed by atoms with Crippen LogP contribution in [0.3, 0.4) is 0 Å². The quantitative estimate of drug-likeness (QED) is 0.676. The van der Waals surface area contributed by atoms with Crippen LogP contribution >= 0.6 is 15.9 Å². The molecule has 1 N–H and O–H groups in total. The molecule has 6 nitrogen and oxygen atoms in total. The summed E-state index contributed by atoms with van der Waals surface area (Å²) in [5.41, 5.74) is 1.14. The minimum Gasteiger partial charge on any atom is -0.493 e. The zero-order valence-corrected chi connectivity index (χ0v) is 16.4. The second-order valence-electron chi connectivity index (χ2n) is 5.44. The van der Waals surface area contributed by atoms with E-state index in [2.05, 4.69) is 20.9 Å². The van der Waals surface area contributed by atoms with Gasteiger partial charge in [0.15, 0.2) is 23.0 Å². The van der Waals surface area contributed by atoms with Crippen LogP contribution in [0.25, 0.3) is 22.0 Å². The molecule has 2 aromatic carbocycles. The van der Waals surface area contributed by atoms with E-state index in [-0.39, 0.29) is 5.56 Å². The predicted octanol–water partition coefficient (Wildman–Crippen LogP) is 3.99. The Bertz CT molecular complexity index is 1030. The molecule has 0 atom stereocenters. The van der Waals surface area contributed by atoms with Crippen molar-refractivity contribution in [2.24, 2.45) is 0 Å². The minimum absolute atomic E-state index is 0.274. The van der Waals surface area contributed by atoms with E-state index in [1.165, 1.54) is 14.2 Å². The molecule has 26 heavy (non-hydrogen) atoms. The van der Waals surface area contributed by atoms with Gasteiger partial charge in [-0.15, -0.1) is 0 Å². The summed E-state index contributed by atoms with van der Waals surface area (Å²) in [5, 5.41) is 1.14. The monoisotopic (exact) mass is 419 g/mol. The largest absolute Gasteiger partial charge is 0.493 e.